The highest BCUT2D eigenvalue weighted by Gasteiger charge is 2.32. The molecule has 1 aliphatic rings. The van der Waals surface area contributed by atoms with E-state index >= 15 is 0 Å². The van der Waals surface area contributed by atoms with E-state index in [0.29, 0.717) is 18.3 Å². The van der Waals surface area contributed by atoms with Crippen LogP contribution in [0.1, 0.15) is 30.3 Å². The summed E-state index contributed by atoms with van der Waals surface area (Å²) >= 11 is 0. The van der Waals surface area contributed by atoms with Crippen LogP contribution in [0, 0.1) is 11.7 Å². The number of halogens is 1. The first-order chi connectivity index (χ1) is 8.83. The minimum atomic E-state index is -0.202. The predicted octanol–water partition coefficient (Wildman–Crippen LogP) is 2.45. The first-order valence-corrected chi connectivity index (χ1v) is 6.07. The van der Waals surface area contributed by atoms with Crippen LogP contribution in [0.4, 0.5) is 4.39 Å². The summed E-state index contributed by atoms with van der Waals surface area (Å²) in [6.07, 6.45) is 3.74. The van der Waals surface area contributed by atoms with Gasteiger partial charge in [-0.15, -0.1) is 0 Å². The van der Waals surface area contributed by atoms with E-state index in [1.165, 1.54) is 31.4 Å². The molecule has 0 spiro atoms. The Hall–Kier alpha value is -1.75. The minimum absolute atomic E-state index is 0.202. The molecule has 1 atom stereocenters. The highest BCUT2D eigenvalue weighted by atomic mass is 19.1. The van der Waals surface area contributed by atoms with Crippen LogP contribution in [0.25, 0.3) is 0 Å². The molecule has 4 nitrogen and oxygen atoms in total. The first kappa shape index (κ1) is 11.3. The summed E-state index contributed by atoms with van der Waals surface area (Å²) < 4.78 is 17.6. The molecule has 3 rings (SSSR count). The van der Waals surface area contributed by atoms with Gasteiger partial charge in [-0.2, -0.15) is 4.98 Å². The fourth-order valence-electron chi connectivity index (χ4n) is 2.13. The molecule has 5 heteroatoms. The lowest BCUT2D eigenvalue weighted by molar-refractivity contribution is 0.400. The van der Waals surface area contributed by atoms with Gasteiger partial charge in [0.15, 0.2) is 5.82 Å². The Balaban J connectivity index is 1.70. The molecule has 0 radical (unpaired) electrons. The standard InChI is InChI=1S/C13H14FN3O/c14-11-5-3-10(4-6-11)13(9-1-2-9)15-7-12-16-8-18-17-12/h3-6,8-9,13,15H,1-2,7H2. The van der Waals surface area contributed by atoms with Crippen LogP contribution in [-0.2, 0) is 6.54 Å². The molecule has 1 heterocycles. The number of nitrogens with one attached hydrogen (secondary N) is 1. The molecule has 94 valence electrons. The fourth-order valence-corrected chi connectivity index (χ4v) is 2.13. The van der Waals surface area contributed by atoms with Crippen LogP contribution >= 0.6 is 0 Å². The van der Waals surface area contributed by atoms with Crippen LogP contribution in [0.5, 0.6) is 0 Å². The molecule has 1 N–H and O–H groups in total. The first-order valence-electron chi connectivity index (χ1n) is 6.07. The highest BCUT2D eigenvalue weighted by Crippen LogP contribution is 2.41. The van der Waals surface area contributed by atoms with Gasteiger partial charge in [0, 0.05) is 6.04 Å². The van der Waals surface area contributed by atoms with Crippen molar-refractivity contribution in [1.29, 1.82) is 0 Å². The number of hydrogen-bond donors (Lipinski definition) is 1. The summed E-state index contributed by atoms with van der Waals surface area (Å²) in [5, 5.41) is 7.18. The summed E-state index contributed by atoms with van der Waals surface area (Å²) in [4.78, 5) is 3.98. The predicted molar refractivity (Wildman–Crippen MR) is 63.0 cm³/mol. The third-order valence-corrected chi connectivity index (χ3v) is 3.21. The summed E-state index contributed by atoms with van der Waals surface area (Å²) in [5.41, 5.74) is 1.11. The van der Waals surface area contributed by atoms with Crippen molar-refractivity contribution in [2.45, 2.75) is 25.4 Å². The number of aromatic nitrogens is 2. The second-order valence-electron chi connectivity index (χ2n) is 4.59. The van der Waals surface area contributed by atoms with Gasteiger partial charge >= 0.3 is 0 Å². The van der Waals surface area contributed by atoms with Crippen molar-refractivity contribution in [1.82, 2.24) is 15.5 Å². The minimum Gasteiger partial charge on any atom is -0.343 e. The van der Waals surface area contributed by atoms with Crippen molar-refractivity contribution in [2.24, 2.45) is 5.92 Å². The van der Waals surface area contributed by atoms with Gasteiger partial charge in [0.2, 0.25) is 6.39 Å². The molecule has 1 unspecified atom stereocenters. The zero-order valence-electron chi connectivity index (χ0n) is 9.84. The lowest BCUT2D eigenvalue weighted by atomic mass is 10.0. The molecule has 0 amide bonds. The van der Waals surface area contributed by atoms with Gasteiger partial charge < -0.3 is 9.84 Å². The van der Waals surface area contributed by atoms with Crippen molar-refractivity contribution < 1.29 is 8.91 Å². The molecule has 0 saturated heterocycles. The quantitative estimate of drug-likeness (QED) is 0.881. The molecule has 0 bridgehead atoms. The van der Waals surface area contributed by atoms with E-state index in [4.69, 9.17) is 4.52 Å². The number of rotatable bonds is 5. The maximum atomic E-state index is 12.9. The second kappa shape index (κ2) is 4.86. The number of benzene rings is 1. The highest BCUT2D eigenvalue weighted by molar-refractivity contribution is 5.22. The molecule has 1 saturated carbocycles. The van der Waals surface area contributed by atoms with E-state index in [2.05, 4.69) is 15.5 Å². The van der Waals surface area contributed by atoms with Crippen LogP contribution in [-0.4, -0.2) is 10.1 Å². The van der Waals surface area contributed by atoms with Crippen molar-refractivity contribution in [2.75, 3.05) is 0 Å². The Morgan fingerprint density at radius 2 is 2.11 bits per heavy atom. The van der Waals surface area contributed by atoms with Crippen molar-refractivity contribution in [3.8, 4) is 0 Å². The Bertz CT molecular complexity index is 493. The average molecular weight is 247 g/mol. The monoisotopic (exact) mass is 247 g/mol. The van der Waals surface area contributed by atoms with Gasteiger partial charge in [0.05, 0.1) is 6.54 Å². The lowest BCUT2D eigenvalue weighted by Gasteiger charge is -2.17. The van der Waals surface area contributed by atoms with Crippen molar-refractivity contribution in [3.05, 3.63) is 47.9 Å². The van der Waals surface area contributed by atoms with E-state index in [9.17, 15) is 4.39 Å². The zero-order chi connectivity index (χ0) is 12.4. The summed E-state index contributed by atoms with van der Waals surface area (Å²) in [5.74, 6) is 1.07. The van der Waals surface area contributed by atoms with Gasteiger partial charge in [-0.1, -0.05) is 17.3 Å². The van der Waals surface area contributed by atoms with E-state index in [-0.39, 0.29) is 11.9 Å². The van der Waals surface area contributed by atoms with E-state index in [1.54, 1.807) is 0 Å². The maximum absolute atomic E-state index is 12.9. The van der Waals surface area contributed by atoms with Crippen molar-refractivity contribution in [3.63, 3.8) is 0 Å². The Labute approximate surface area is 104 Å². The molecule has 1 aromatic carbocycles. The molecule has 0 aliphatic heterocycles. The molecule has 2 aromatic rings. The SMILES string of the molecule is Fc1ccc(C(NCc2ncon2)C2CC2)cc1. The topological polar surface area (TPSA) is 51.0 Å². The maximum Gasteiger partial charge on any atom is 0.213 e. The molecule has 1 fully saturated rings. The second-order valence-corrected chi connectivity index (χ2v) is 4.59. The molecule has 18 heavy (non-hydrogen) atoms. The van der Waals surface area contributed by atoms with E-state index in [1.807, 2.05) is 12.1 Å². The van der Waals surface area contributed by atoms with Crippen LogP contribution in [0.3, 0.4) is 0 Å². The van der Waals surface area contributed by atoms with Gasteiger partial charge in [0.1, 0.15) is 5.82 Å². The third kappa shape index (κ3) is 2.56. The molecule has 1 aliphatic carbocycles. The van der Waals surface area contributed by atoms with Gasteiger partial charge in [-0.05, 0) is 36.5 Å². The third-order valence-electron chi connectivity index (χ3n) is 3.21. The van der Waals surface area contributed by atoms with Crippen LogP contribution in [0.15, 0.2) is 35.2 Å². The number of hydrogen-bond acceptors (Lipinski definition) is 4. The summed E-state index contributed by atoms with van der Waals surface area (Å²) in [6, 6.07) is 6.91. The van der Waals surface area contributed by atoms with Gasteiger partial charge in [0.25, 0.3) is 0 Å². The molecule has 1 aromatic heterocycles. The Kier molecular flexibility index (Phi) is 3.06. The summed E-state index contributed by atoms with van der Waals surface area (Å²) in [7, 11) is 0. The van der Waals surface area contributed by atoms with Crippen LogP contribution < -0.4 is 5.32 Å². The lowest BCUT2D eigenvalue weighted by Crippen LogP contribution is -2.23. The normalized spacial score (nSPS) is 16.7. The average Bonchev–Trinajstić information content (AvgIpc) is 3.08. The molecular formula is C13H14FN3O. The molecular weight excluding hydrogens is 233 g/mol. The van der Waals surface area contributed by atoms with Gasteiger partial charge in [-0.3, -0.25) is 0 Å². The fraction of sp³-hybridized carbons (Fsp3) is 0.385. The number of nitrogens with zero attached hydrogens (tertiary/aromatic N) is 2. The van der Waals surface area contributed by atoms with Gasteiger partial charge in [-0.25, -0.2) is 4.39 Å². The van der Waals surface area contributed by atoms with E-state index < -0.39 is 0 Å². The van der Waals surface area contributed by atoms with E-state index in [0.717, 1.165) is 5.56 Å². The van der Waals surface area contributed by atoms with Crippen LogP contribution in [0.2, 0.25) is 0 Å². The smallest absolute Gasteiger partial charge is 0.213 e. The Morgan fingerprint density at radius 3 is 2.72 bits per heavy atom. The summed E-state index contributed by atoms with van der Waals surface area (Å²) in [6.45, 7) is 0.565. The Morgan fingerprint density at radius 1 is 1.33 bits per heavy atom. The zero-order valence-corrected chi connectivity index (χ0v) is 9.84. The largest absolute Gasteiger partial charge is 0.343 e. The van der Waals surface area contributed by atoms with Crippen molar-refractivity contribution >= 4 is 0 Å².